The van der Waals surface area contributed by atoms with Gasteiger partial charge >= 0.3 is 0 Å². The molecular weight excluding hydrogens is 250 g/mol. The first kappa shape index (κ1) is 19.6. The molecule has 0 amide bonds. The average molecular weight is 268 g/mol. The van der Waals surface area contributed by atoms with Gasteiger partial charge in [0.15, 0.2) is 0 Å². The first-order valence-corrected chi connectivity index (χ1v) is 4.95. The van der Waals surface area contributed by atoms with E-state index in [0.717, 1.165) is 6.42 Å². The van der Waals surface area contributed by atoms with E-state index in [1.807, 2.05) is 0 Å². The number of hydrogen-bond acceptors (Lipinski definition) is 2. The molecule has 0 aromatic rings. The van der Waals surface area contributed by atoms with Gasteiger partial charge in [0.05, 0.1) is 23.7 Å². The molecule has 0 spiro atoms. The third kappa shape index (κ3) is 32.0. The molecule has 0 fully saturated rings. The molecule has 0 aromatic heterocycles. The van der Waals surface area contributed by atoms with Gasteiger partial charge in [0.25, 0.3) is 0 Å². The van der Waals surface area contributed by atoms with Crippen molar-refractivity contribution in [3.63, 3.8) is 0 Å². The molecule has 0 aliphatic heterocycles. The van der Waals surface area contributed by atoms with Crippen molar-refractivity contribution < 1.29 is 27.5 Å². The van der Waals surface area contributed by atoms with Gasteiger partial charge in [-0.15, -0.1) is 0 Å². The van der Waals surface area contributed by atoms with E-state index >= 15 is 0 Å². The van der Waals surface area contributed by atoms with Crippen molar-refractivity contribution in [3.8, 4) is 0 Å². The monoisotopic (exact) mass is 267 g/mol. The molecule has 0 aromatic carbocycles. The Bertz CT molecular complexity index is 62.1. The quantitative estimate of drug-likeness (QED) is 0.745. The fraction of sp³-hybridized carbons (Fsp3) is 1.00. The standard InChI is InChI=1S/C8H18O.Cl2O.V/c1-2-3-4-5-6-7-8-9;1-3-2;/h9H,2-8H2,1H3;;. The molecule has 5 heteroatoms. The number of unbranched alkanes of at least 4 members (excludes halogenated alkanes) is 5. The predicted octanol–water partition coefficient (Wildman–Crippen LogP) is 3.65. The van der Waals surface area contributed by atoms with E-state index in [9.17, 15) is 0 Å². The van der Waals surface area contributed by atoms with Gasteiger partial charge in [-0.05, 0) is 6.42 Å². The normalized spacial score (nSPS) is 8.31. The van der Waals surface area contributed by atoms with Gasteiger partial charge in [-0.2, -0.15) is 3.84 Å². The van der Waals surface area contributed by atoms with Crippen LogP contribution in [0.2, 0.25) is 0 Å². The van der Waals surface area contributed by atoms with Gasteiger partial charge in [0, 0.05) is 25.2 Å². The van der Waals surface area contributed by atoms with Crippen LogP contribution in [0.25, 0.3) is 0 Å². The van der Waals surface area contributed by atoms with Crippen LogP contribution in [0.3, 0.4) is 0 Å². The van der Waals surface area contributed by atoms with Crippen LogP contribution in [0.5, 0.6) is 0 Å². The van der Waals surface area contributed by atoms with Gasteiger partial charge in [-0.25, -0.2) is 0 Å². The van der Waals surface area contributed by atoms with Gasteiger partial charge < -0.3 is 5.11 Å². The molecule has 0 unspecified atom stereocenters. The molecule has 0 atom stereocenters. The van der Waals surface area contributed by atoms with Crippen LogP contribution in [-0.2, 0) is 22.4 Å². The number of halogens is 2. The van der Waals surface area contributed by atoms with E-state index in [4.69, 9.17) is 5.11 Å². The second-order valence-electron chi connectivity index (χ2n) is 2.55. The Balaban J connectivity index is -0.000000220. The first-order chi connectivity index (χ1) is 5.83. The summed E-state index contributed by atoms with van der Waals surface area (Å²) < 4.78 is 3.19. The van der Waals surface area contributed by atoms with E-state index in [2.05, 4.69) is 34.5 Å². The van der Waals surface area contributed by atoms with E-state index < -0.39 is 0 Å². The number of rotatable bonds is 6. The maximum atomic E-state index is 8.42. The van der Waals surface area contributed by atoms with Crippen molar-refractivity contribution in [1.29, 1.82) is 0 Å². The summed E-state index contributed by atoms with van der Waals surface area (Å²) >= 11 is 8.53. The Morgan fingerprint density at radius 2 is 1.38 bits per heavy atom. The third-order valence-corrected chi connectivity index (χ3v) is 1.51. The minimum Gasteiger partial charge on any atom is -0.396 e. The smallest absolute Gasteiger partial charge is 0.0832 e. The minimum absolute atomic E-state index is 0. The van der Waals surface area contributed by atoms with Crippen LogP contribution >= 0.6 is 23.7 Å². The van der Waals surface area contributed by atoms with Crippen LogP contribution in [-0.4, -0.2) is 11.7 Å². The molecule has 0 aliphatic rings. The zero-order chi connectivity index (χ0) is 9.66. The van der Waals surface area contributed by atoms with Gasteiger partial charge in [-0.1, -0.05) is 39.0 Å². The summed E-state index contributed by atoms with van der Waals surface area (Å²) in [6.07, 6.45) is 7.50. The zero-order valence-electron chi connectivity index (χ0n) is 8.01. The SMILES string of the molecule is CCCCCCCCO.ClOCl.[V]. The molecule has 81 valence electrons. The van der Waals surface area contributed by atoms with Crippen molar-refractivity contribution >= 4 is 23.7 Å². The van der Waals surface area contributed by atoms with Gasteiger partial charge in [0.2, 0.25) is 0 Å². The summed E-state index contributed by atoms with van der Waals surface area (Å²) in [6, 6.07) is 0. The molecule has 0 saturated heterocycles. The summed E-state index contributed by atoms with van der Waals surface area (Å²) in [5.74, 6) is 0. The first-order valence-electron chi connectivity index (χ1n) is 4.33. The van der Waals surface area contributed by atoms with Gasteiger partial charge in [-0.3, -0.25) is 0 Å². The Hall–Kier alpha value is 1.08. The molecule has 1 radical (unpaired) electrons. The minimum atomic E-state index is 0. The summed E-state index contributed by atoms with van der Waals surface area (Å²) in [6.45, 7) is 2.58. The largest absolute Gasteiger partial charge is 0.396 e. The van der Waals surface area contributed by atoms with Crippen LogP contribution < -0.4 is 0 Å². The second kappa shape index (κ2) is 23.2. The maximum absolute atomic E-state index is 8.42. The van der Waals surface area contributed by atoms with E-state index in [0.29, 0.717) is 6.61 Å². The maximum Gasteiger partial charge on any atom is 0.0832 e. The van der Waals surface area contributed by atoms with Crippen LogP contribution in [0.1, 0.15) is 45.4 Å². The summed E-state index contributed by atoms with van der Waals surface area (Å²) in [4.78, 5) is 0. The van der Waals surface area contributed by atoms with Crippen LogP contribution in [0.4, 0.5) is 0 Å². The third-order valence-electron chi connectivity index (χ3n) is 1.51. The van der Waals surface area contributed by atoms with Crippen molar-refractivity contribution in [1.82, 2.24) is 0 Å². The van der Waals surface area contributed by atoms with E-state index in [1.54, 1.807) is 0 Å². The van der Waals surface area contributed by atoms with Crippen LogP contribution in [0.15, 0.2) is 0 Å². The summed E-state index contributed by atoms with van der Waals surface area (Å²) in [5.41, 5.74) is 0. The zero-order valence-corrected chi connectivity index (χ0v) is 10.9. The predicted molar refractivity (Wildman–Crippen MR) is 53.3 cm³/mol. The van der Waals surface area contributed by atoms with E-state index in [-0.39, 0.29) is 18.6 Å². The fourth-order valence-electron chi connectivity index (χ4n) is 0.892. The Labute approximate surface area is 103 Å². The molecule has 0 saturated carbocycles. The average Bonchev–Trinajstić information content (AvgIpc) is 2.06. The Kier molecular flexibility index (Phi) is 35.0. The topological polar surface area (TPSA) is 29.5 Å². The Morgan fingerprint density at radius 1 is 1.00 bits per heavy atom. The van der Waals surface area contributed by atoms with Gasteiger partial charge in [0.1, 0.15) is 0 Å². The molecule has 0 rings (SSSR count). The molecule has 13 heavy (non-hydrogen) atoms. The fourth-order valence-corrected chi connectivity index (χ4v) is 0.892. The van der Waals surface area contributed by atoms with Crippen LogP contribution in [0, 0.1) is 0 Å². The molecule has 0 heterocycles. The summed E-state index contributed by atoms with van der Waals surface area (Å²) in [7, 11) is 0. The molecule has 1 N–H and O–H groups in total. The van der Waals surface area contributed by atoms with Crippen molar-refractivity contribution in [3.05, 3.63) is 0 Å². The Morgan fingerprint density at radius 3 is 1.77 bits per heavy atom. The molecule has 0 aliphatic carbocycles. The second-order valence-corrected chi connectivity index (χ2v) is 3.02. The van der Waals surface area contributed by atoms with Crippen molar-refractivity contribution in [2.45, 2.75) is 45.4 Å². The van der Waals surface area contributed by atoms with Crippen molar-refractivity contribution in [2.75, 3.05) is 6.61 Å². The number of hydrogen-bond donors (Lipinski definition) is 1. The molecular formula is C8H18Cl2O2V. The summed E-state index contributed by atoms with van der Waals surface area (Å²) in [5, 5.41) is 8.42. The molecule has 0 bridgehead atoms. The number of aliphatic hydroxyl groups is 1. The van der Waals surface area contributed by atoms with Crippen molar-refractivity contribution in [2.24, 2.45) is 0 Å². The van der Waals surface area contributed by atoms with E-state index in [1.165, 1.54) is 32.1 Å². The molecule has 2 nitrogen and oxygen atoms in total. The number of aliphatic hydroxyl groups excluding tert-OH is 1.